The molecule has 4 rings (SSSR count). The van der Waals surface area contributed by atoms with Gasteiger partial charge in [-0.3, -0.25) is 14.5 Å². The van der Waals surface area contributed by atoms with Gasteiger partial charge in [0.1, 0.15) is 23.2 Å². The first kappa shape index (κ1) is 20.1. The molecular weight excluding hydrogens is 418 g/mol. The average Bonchev–Trinajstić information content (AvgIpc) is 3.00. The largest absolute Gasteiger partial charge is 0.488 e. The van der Waals surface area contributed by atoms with Crippen molar-refractivity contribution >= 4 is 57.0 Å². The quantitative estimate of drug-likeness (QED) is 0.447. The van der Waals surface area contributed by atoms with Crippen LogP contribution < -0.4 is 4.74 Å². The highest BCUT2D eigenvalue weighted by atomic mass is 32.2. The van der Waals surface area contributed by atoms with Crippen LogP contribution in [0.15, 0.2) is 71.6 Å². The maximum Gasteiger partial charge on any atom is 0.323 e. The number of benzene rings is 3. The Morgan fingerprint density at radius 2 is 1.80 bits per heavy atom. The minimum atomic E-state index is -1.10. The Morgan fingerprint density at radius 3 is 2.60 bits per heavy atom. The first-order chi connectivity index (χ1) is 14.5. The van der Waals surface area contributed by atoms with Crippen LogP contribution in [0.25, 0.3) is 16.8 Å². The molecule has 1 heterocycles. The number of ether oxygens (including phenoxy) is 1. The van der Waals surface area contributed by atoms with E-state index in [2.05, 4.69) is 24.3 Å². The summed E-state index contributed by atoms with van der Waals surface area (Å²) in [5.74, 6) is -0.877. The lowest BCUT2D eigenvalue weighted by Crippen LogP contribution is -2.33. The summed E-state index contributed by atoms with van der Waals surface area (Å²) in [5.41, 5.74) is 1.77. The highest BCUT2D eigenvalue weighted by Gasteiger charge is 2.33. The number of rotatable bonds is 6. The van der Waals surface area contributed by atoms with Gasteiger partial charge in [0.05, 0.1) is 4.91 Å². The predicted octanol–water partition coefficient (Wildman–Crippen LogP) is 4.70. The zero-order valence-corrected chi connectivity index (χ0v) is 17.4. The van der Waals surface area contributed by atoms with E-state index >= 15 is 0 Å². The topological polar surface area (TPSA) is 66.8 Å². The number of thioether (sulfide) groups is 1. The second kappa shape index (κ2) is 8.69. The van der Waals surface area contributed by atoms with Crippen LogP contribution in [0.1, 0.15) is 11.1 Å². The lowest BCUT2D eigenvalue weighted by Gasteiger charge is -2.11. The number of fused-ring (bicyclic) bond motifs is 1. The summed E-state index contributed by atoms with van der Waals surface area (Å²) >= 11 is 6.24. The van der Waals surface area contributed by atoms with Gasteiger partial charge in [0, 0.05) is 5.56 Å². The van der Waals surface area contributed by atoms with Gasteiger partial charge in [0.25, 0.3) is 5.91 Å². The fourth-order valence-corrected chi connectivity index (χ4v) is 4.38. The second-order valence-corrected chi connectivity index (χ2v) is 8.35. The average molecular weight is 436 g/mol. The Labute approximate surface area is 183 Å². The van der Waals surface area contributed by atoms with Crippen LogP contribution in [-0.4, -0.2) is 32.7 Å². The van der Waals surface area contributed by atoms with Crippen LogP contribution >= 0.6 is 24.0 Å². The molecule has 7 heteroatoms. The number of amides is 1. The van der Waals surface area contributed by atoms with E-state index in [1.165, 1.54) is 5.39 Å². The summed E-state index contributed by atoms with van der Waals surface area (Å²) in [6, 6.07) is 21.7. The van der Waals surface area contributed by atoms with Gasteiger partial charge in [-0.15, -0.1) is 0 Å². The van der Waals surface area contributed by atoms with E-state index in [1.54, 1.807) is 6.08 Å². The lowest BCUT2D eigenvalue weighted by atomic mass is 10.1. The summed E-state index contributed by atoms with van der Waals surface area (Å²) in [7, 11) is 0. The number of thiocarbonyl (C=S) groups is 1. The summed E-state index contributed by atoms with van der Waals surface area (Å²) in [6.07, 6.45) is 1.69. The number of carbonyl (C=O) groups excluding carboxylic acids is 1. The molecule has 150 valence electrons. The molecule has 0 bridgehead atoms. The Hall–Kier alpha value is -3.16. The van der Waals surface area contributed by atoms with Crippen LogP contribution in [0.2, 0.25) is 0 Å². The van der Waals surface area contributed by atoms with E-state index in [4.69, 9.17) is 22.1 Å². The van der Waals surface area contributed by atoms with Crippen molar-refractivity contribution in [3.8, 4) is 5.75 Å². The molecule has 3 aromatic carbocycles. The summed E-state index contributed by atoms with van der Waals surface area (Å²) in [6.45, 7) is -0.0578. The van der Waals surface area contributed by atoms with Crippen molar-refractivity contribution < 1.29 is 19.4 Å². The Kier molecular flexibility index (Phi) is 5.83. The van der Waals surface area contributed by atoms with Crippen molar-refractivity contribution in [1.29, 1.82) is 0 Å². The maximum atomic E-state index is 12.5. The number of nitrogens with zero attached hydrogens (tertiary/aromatic N) is 1. The number of carbonyl (C=O) groups is 2. The van der Waals surface area contributed by atoms with E-state index in [0.717, 1.165) is 33.2 Å². The smallest absolute Gasteiger partial charge is 0.323 e. The Bertz CT molecular complexity index is 1190. The van der Waals surface area contributed by atoms with Gasteiger partial charge in [0.2, 0.25) is 0 Å². The molecule has 1 aliphatic heterocycles. The molecule has 0 saturated carbocycles. The van der Waals surface area contributed by atoms with Crippen LogP contribution in [0.5, 0.6) is 5.75 Å². The second-order valence-electron chi connectivity index (χ2n) is 6.67. The highest BCUT2D eigenvalue weighted by Crippen LogP contribution is 2.34. The fraction of sp³-hybridized carbons (Fsp3) is 0.0870. The van der Waals surface area contributed by atoms with Crippen molar-refractivity contribution in [2.45, 2.75) is 6.61 Å². The molecule has 0 aromatic heterocycles. The van der Waals surface area contributed by atoms with Crippen LogP contribution in [-0.2, 0) is 16.2 Å². The predicted molar refractivity (Wildman–Crippen MR) is 122 cm³/mol. The highest BCUT2D eigenvalue weighted by molar-refractivity contribution is 8.26. The van der Waals surface area contributed by atoms with Gasteiger partial charge < -0.3 is 9.84 Å². The normalized spacial score (nSPS) is 15.2. The van der Waals surface area contributed by atoms with Crippen molar-refractivity contribution in [2.75, 3.05) is 6.54 Å². The molecule has 0 spiro atoms. The lowest BCUT2D eigenvalue weighted by molar-refractivity contribution is -0.140. The standard InChI is InChI=1S/C23H17NO4S2/c25-21(26)13-24-22(27)20(30-23(24)29)12-18-7-3-4-8-19(18)28-14-15-9-10-16-5-1-2-6-17(16)11-15/h1-12H,13-14H2,(H,25,26)/b20-12+. The fourth-order valence-electron chi connectivity index (χ4n) is 3.13. The third kappa shape index (κ3) is 4.37. The number of carboxylic acid groups (broad SMARTS) is 1. The summed E-state index contributed by atoms with van der Waals surface area (Å²) < 4.78 is 6.27. The van der Waals surface area contributed by atoms with E-state index in [9.17, 15) is 9.59 Å². The first-order valence-electron chi connectivity index (χ1n) is 9.18. The molecule has 1 fully saturated rings. The molecule has 30 heavy (non-hydrogen) atoms. The molecular formula is C23H17NO4S2. The number of aliphatic carboxylic acids is 1. The monoisotopic (exact) mass is 435 g/mol. The van der Waals surface area contributed by atoms with Gasteiger partial charge >= 0.3 is 5.97 Å². The molecule has 1 amide bonds. The van der Waals surface area contributed by atoms with Crippen molar-refractivity contribution in [3.05, 3.63) is 82.8 Å². The van der Waals surface area contributed by atoms with Gasteiger partial charge in [-0.2, -0.15) is 0 Å². The number of hydrogen-bond donors (Lipinski definition) is 1. The number of hydrogen-bond acceptors (Lipinski definition) is 5. The Morgan fingerprint density at radius 1 is 1.07 bits per heavy atom. The number of carboxylic acids is 1. The number of para-hydroxylation sites is 1. The minimum Gasteiger partial charge on any atom is -0.488 e. The molecule has 0 unspecified atom stereocenters. The van der Waals surface area contributed by atoms with E-state index in [-0.39, 0.29) is 4.32 Å². The molecule has 0 aliphatic carbocycles. The zero-order valence-electron chi connectivity index (χ0n) is 15.8. The minimum absolute atomic E-state index is 0.239. The van der Waals surface area contributed by atoms with E-state index in [0.29, 0.717) is 17.3 Å². The molecule has 1 saturated heterocycles. The van der Waals surface area contributed by atoms with E-state index in [1.807, 2.05) is 42.5 Å². The van der Waals surface area contributed by atoms with Crippen molar-refractivity contribution in [2.24, 2.45) is 0 Å². The van der Waals surface area contributed by atoms with Gasteiger partial charge in [0.15, 0.2) is 0 Å². The van der Waals surface area contributed by atoms with E-state index < -0.39 is 18.4 Å². The van der Waals surface area contributed by atoms with Gasteiger partial charge in [-0.25, -0.2) is 0 Å². The zero-order chi connectivity index (χ0) is 21.1. The van der Waals surface area contributed by atoms with Crippen LogP contribution in [0.4, 0.5) is 0 Å². The van der Waals surface area contributed by atoms with Crippen LogP contribution in [0, 0.1) is 0 Å². The summed E-state index contributed by atoms with van der Waals surface area (Å²) in [4.78, 5) is 24.9. The molecule has 0 radical (unpaired) electrons. The molecule has 0 atom stereocenters. The van der Waals surface area contributed by atoms with Crippen LogP contribution in [0.3, 0.4) is 0 Å². The maximum absolute atomic E-state index is 12.5. The molecule has 1 N–H and O–H groups in total. The van der Waals surface area contributed by atoms with Gasteiger partial charge in [-0.1, -0.05) is 78.6 Å². The SMILES string of the molecule is O=C(O)CN1C(=O)/C(=C\c2ccccc2OCc2ccc3ccccc3c2)SC1=S. The molecule has 5 nitrogen and oxygen atoms in total. The molecule has 3 aromatic rings. The van der Waals surface area contributed by atoms with Gasteiger partial charge in [-0.05, 0) is 34.5 Å². The van der Waals surface area contributed by atoms with Crippen molar-refractivity contribution in [3.63, 3.8) is 0 Å². The molecule has 1 aliphatic rings. The first-order valence-corrected chi connectivity index (χ1v) is 10.4. The van der Waals surface area contributed by atoms with Crippen molar-refractivity contribution in [1.82, 2.24) is 4.90 Å². The third-order valence-electron chi connectivity index (χ3n) is 4.58. The third-order valence-corrected chi connectivity index (χ3v) is 5.96. The summed E-state index contributed by atoms with van der Waals surface area (Å²) in [5, 5.41) is 11.3. The Balaban J connectivity index is 1.54.